The van der Waals surface area contributed by atoms with Gasteiger partial charge in [0.15, 0.2) is 0 Å². The lowest BCUT2D eigenvalue weighted by Gasteiger charge is -2.46. The Morgan fingerprint density at radius 3 is 2.86 bits per heavy atom. The molecule has 1 amide bonds. The Hall–Kier alpha value is -0.520. The Bertz CT molecular complexity index is 611. The van der Waals surface area contributed by atoms with Crippen molar-refractivity contribution in [1.82, 2.24) is 36.2 Å². The minimum atomic E-state index is -0.397. The van der Waals surface area contributed by atoms with Crippen molar-refractivity contribution in [3.05, 3.63) is 0 Å². The van der Waals surface area contributed by atoms with Gasteiger partial charge in [0.1, 0.15) is 0 Å². The van der Waals surface area contributed by atoms with Crippen molar-refractivity contribution < 1.29 is 4.79 Å². The molecule has 5 heterocycles. The Morgan fingerprint density at radius 2 is 1.97 bits per heavy atom. The average molecular weight is 427 g/mol. The number of hydrazine groups is 1. The first-order valence-electron chi connectivity index (χ1n) is 11.2. The number of carbonyl (C=O) groups is 1. The molecule has 164 valence electrons. The van der Waals surface area contributed by atoms with Gasteiger partial charge in [0.2, 0.25) is 5.91 Å². The summed E-state index contributed by atoms with van der Waals surface area (Å²) in [6.07, 6.45) is 3.22. The third-order valence-corrected chi connectivity index (χ3v) is 7.78. The van der Waals surface area contributed by atoms with Crippen LogP contribution >= 0.6 is 11.6 Å². The summed E-state index contributed by atoms with van der Waals surface area (Å²) < 4.78 is 0. The average Bonchev–Trinajstić information content (AvgIpc) is 3.30. The fraction of sp³-hybridized carbons (Fsp3) is 0.947. The van der Waals surface area contributed by atoms with Gasteiger partial charge in [-0.1, -0.05) is 0 Å². The molecule has 6 N–H and O–H groups in total. The fourth-order valence-corrected chi connectivity index (χ4v) is 6.24. The number of carbonyl (C=O) groups excluding carboxylic acids is 1. The van der Waals surface area contributed by atoms with Gasteiger partial charge in [0, 0.05) is 51.4 Å². The van der Waals surface area contributed by atoms with E-state index in [0.717, 1.165) is 39.1 Å². The van der Waals surface area contributed by atoms with E-state index in [4.69, 9.17) is 17.3 Å². The molecular weight excluding hydrogens is 392 g/mol. The molecule has 0 aromatic rings. The van der Waals surface area contributed by atoms with Crippen molar-refractivity contribution in [2.45, 2.75) is 55.1 Å². The van der Waals surface area contributed by atoms with Gasteiger partial charge in [-0.05, 0) is 32.4 Å². The summed E-state index contributed by atoms with van der Waals surface area (Å²) in [5.74, 6) is -0.287. The van der Waals surface area contributed by atoms with Crippen molar-refractivity contribution >= 4 is 17.5 Å². The third-order valence-electron chi connectivity index (χ3n) is 7.48. The van der Waals surface area contributed by atoms with Gasteiger partial charge in [0.25, 0.3) is 0 Å². The van der Waals surface area contributed by atoms with Gasteiger partial charge in [-0.25, -0.2) is 10.4 Å². The monoisotopic (exact) mass is 426 g/mol. The second-order valence-corrected chi connectivity index (χ2v) is 9.90. The van der Waals surface area contributed by atoms with E-state index in [0.29, 0.717) is 25.2 Å². The van der Waals surface area contributed by atoms with Crippen LogP contribution < -0.4 is 27.1 Å². The predicted molar refractivity (Wildman–Crippen MR) is 112 cm³/mol. The van der Waals surface area contributed by atoms with Gasteiger partial charge in [-0.2, -0.15) is 0 Å². The maximum atomic E-state index is 13.3. The van der Waals surface area contributed by atoms with E-state index in [1.165, 1.54) is 19.4 Å². The van der Waals surface area contributed by atoms with Crippen molar-refractivity contribution in [3.8, 4) is 0 Å². The number of nitrogens with one attached hydrogen (secondary N) is 4. The quantitative estimate of drug-likeness (QED) is 0.326. The largest absolute Gasteiger partial charge is 0.350 e. The number of piperazine rings is 1. The van der Waals surface area contributed by atoms with Crippen LogP contribution in [0, 0.1) is 5.92 Å². The molecule has 0 aliphatic carbocycles. The Balaban J connectivity index is 1.24. The molecule has 29 heavy (non-hydrogen) atoms. The van der Waals surface area contributed by atoms with E-state index in [9.17, 15) is 4.79 Å². The van der Waals surface area contributed by atoms with E-state index in [2.05, 4.69) is 31.2 Å². The number of halogens is 1. The first kappa shape index (κ1) is 20.4. The molecule has 5 fully saturated rings. The zero-order valence-electron chi connectivity index (χ0n) is 17.0. The molecule has 7 atom stereocenters. The van der Waals surface area contributed by atoms with E-state index in [1.807, 2.05) is 5.01 Å². The highest BCUT2D eigenvalue weighted by Crippen LogP contribution is 2.26. The first-order valence-corrected chi connectivity index (χ1v) is 11.7. The minimum Gasteiger partial charge on any atom is -0.350 e. The van der Waals surface area contributed by atoms with Crippen LogP contribution in [0.25, 0.3) is 0 Å². The molecule has 0 spiro atoms. The van der Waals surface area contributed by atoms with Gasteiger partial charge in [0.05, 0.1) is 29.7 Å². The van der Waals surface area contributed by atoms with E-state index in [-0.39, 0.29) is 29.4 Å². The lowest BCUT2D eigenvalue weighted by Crippen LogP contribution is -2.65. The summed E-state index contributed by atoms with van der Waals surface area (Å²) in [6.45, 7) is 7.88. The number of rotatable bonds is 3. The maximum absolute atomic E-state index is 13.3. The number of nitrogens with two attached hydrogens (primary N) is 1. The van der Waals surface area contributed by atoms with Crippen LogP contribution in [0.2, 0.25) is 0 Å². The third kappa shape index (κ3) is 4.04. The van der Waals surface area contributed by atoms with Crippen molar-refractivity contribution in [2.75, 3.05) is 52.4 Å². The summed E-state index contributed by atoms with van der Waals surface area (Å²) in [6, 6.07) is 1.22. The summed E-state index contributed by atoms with van der Waals surface area (Å²) in [7, 11) is 0. The van der Waals surface area contributed by atoms with Gasteiger partial charge >= 0.3 is 0 Å². The second-order valence-electron chi connectivity index (χ2n) is 9.29. The molecule has 9 nitrogen and oxygen atoms in total. The molecule has 5 aliphatic rings. The number of hydrogen-bond donors (Lipinski definition) is 5. The molecule has 0 radical (unpaired) electrons. The molecule has 0 aromatic heterocycles. The molecule has 6 unspecified atom stereocenters. The van der Waals surface area contributed by atoms with Gasteiger partial charge < -0.3 is 16.4 Å². The zero-order chi connectivity index (χ0) is 20.0. The molecular formula is C19H35ClN8O. The molecule has 5 rings (SSSR count). The summed E-state index contributed by atoms with van der Waals surface area (Å²) >= 11 is 6.25. The van der Waals surface area contributed by atoms with Crippen LogP contribution in [-0.2, 0) is 4.79 Å². The normalized spacial score (nSPS) is 44.4. The number of amides is 1. The Morgan fingerprint density at radius 1 is 1.10 bits per heavy atom. The second kappa shape index (κ2) is 8.55. The Labute approximate surface area is 178 Å². The number of fused-ring (bicyclic) bond motifs is 2. The lowest BCUT2D eigenvalue weighted by atomic mass is 9.95. The van der Waals surface area contributed by atoms with Gasteiger partial charge in [-0.3, -0.25) is 19.9 Å². The van der Waals surface area contributed by atoms with E-state index < -0.39 is 6.17 Å². The molecule has 0 saturated carbocycles. The lowest BCUT2D eigenvalue weighted by molar-refractivity contribution is -0.128. The van der Waals surface area contributed by atoms with Crippen molar-refractivity contribution in [1.29, 1.82) is 0 Å². The van der Waals surface area contributed by atoms with Crippen LogP contribution in [0.15, 0.2) is 0 Å². The maximum Gasteiger partial charge on any atom is 0.229 e. The molecule has 10 heteroatoms. The predicted octanol–water partition coefficient (Wildman–Crippen LogP) is -2.13. The van der Waals surface area contributed by atoms with Crippen LogP contribution in [-0.4, -0.2) is 109 Å². The standard InChI is InChI=1S/C19H35ClN8O/c20-12-8-23-18-16(17(21)25-28(18)10-12)19(29)24-14-9-22-4-3-15(14)27-7-6-26-5-1-2-13(26)11-27/h12-18,22-23,25H,1-11,21H2,(H,24,29)/t12?,13-,14?,15?,16?,17?,18?/m1/s1. The highest BCUT2D eigenvalue weighted by atomic mass is 35.5. The Kier molecular flexibility index (Phi) is 6.01. The number of piperidine rings is 1. The number of hydrogen-bond acceptors (Lipinski definition) is 8. The van der Waals surface area contributed by atoms with Crippen molar-refractivity contribution in [3.63, 3.8) is 0 Å². The summed E-state index contributed by atoms with van der Waals surface area (Å²) in [4.78, 5) is 18.6. The molecule has 5 aliphatic heterocycles. The van der Waals surface area contributed by atoms with Crippen LogP contribution in [0.1, 0.15) is 19.3 Å². The summed E-state index contributed by atoms with van der Waals surface area (Å²) in [5.41, 5.74) is 9.52. The van der Waals surface area contributed by atoms with E-state index >= 15 is 0 Å². The number of alkyl halides is 1. The topological polar surface area (TPSA) is 101 Å². The summed E-state index contributed by atoms with van der Waals surface area (Å²) in [5, 5.41) is 12.2. The zero-order valence-corrected chi connectivity index (χ0v) is 17.8. The molecule has 5 saturated heterocycles. The fourth-order valence-electron chi connectivity index (χ4n) is 6.00. The smallest absolute Gasteiger partial charge is 0.229 e. The van der Waals surface area contributed by atoms with E-state index in [1.54, 1.807) is 0 Å². The van der Waals surface area contributed by atoms with Crippen LogP contribution in [0.3, 0.4) is 0 Å². The van der Waals surface area contributed by atoms with Gasteiger partial charge in [-0.15, -0.1) is 11.6 Å². The molecule has 0 aromatic carbocycles. The van der Waals surface area contributed by atoms with Crippen LogP contribution in [0.5, 0.6) is 0 Å². The number of nitrogens with zero attached hydrogens (tertiary/aromatic N) is 3. The van der Waals surface area contributed by atoms with Crippen molar-refractivity contribution in [2.24, 2.45) is 11.7 Å². The minimum absolute atomic E-state index is 0.0222. The SMILES string of the molecule is NC1NN2CC(Cl)CNC2C1C(=O)NC1CNCCC1N1CCN2CCC[C@@H]2C1. The first-order chi connectivity index (χ1) is 14.1. The molecule has 0 bridgehead atoms. The highest BCUT2D eigenvalue weighted by Gasteiger charge is 2.47. The van der Waals surface area contributed by atoms with Crippen LogP contribution in [0.4, 0.5) is 0 Å². The highest BCUT2D eigenvalue weighted by molar-refractivity contribution is 6.21.